The van der Waals surface area contributed by atoms with Gasteiger partial charge < -0.3 is 9.47 Å². The number of halogens is 2. The van der Waals surface area contributed by atoms with Gasteiger partial charge in [-0.05, 0) is 66.2 Å². The maximum atomic E-state index is 13.4. The topological polar surface area (TPSA) is 51.1 Å². The Morgan fingerprint density at radius 3 is 2.50 bits per heavy atom. The molecule has 0 bridgehead atoms. The average Bonchev–Trinajstić information content (AvgIpc) is 3.13. The molecule has 0 unspecified atom stereocenters. The molecule has 0 aliphatic carbocycles. The molecule has 0 atom stereocenters. The van der Waals surface area contributed by atoms with E-state index in [0.717, 1.165) is 22.6 Å². The summed E-state index contributed by atoms with van der Waals surface area (Å²) in [6, 6.07) is 20.4. The minimum absolute atomic E-state index is 0.0727. The van der Waals surface area contributed by atoms with Gasteiger partial charge in [0.25, 0.3) is 5.91 Å². The van der Waals surface area contributed by atoms with E-state index in [1.807, 2.05) is 60.7 Å². The Balaban J connectivity index is 1.60. The highest BCUT2D eigenvalue weighted by molar-refractivity contribution is 8.18. The molecule has 1 aliphatic heterocycles. The summed E-state index contributed by atoms with van der Waals surface area (Å²) in [6.45, 7) is 5.01. The summed E-state index contributed by atoms with van der Waals surface area (Å²) in [5.74, 6) is 1.62. The van der Waals surface area contributed by atoms with Crippen LogP contribution in [0, 0.1) is 5.92 Å². The normalized spacial score (nSPS) is 15.8. The molecule has 0 spiro atoms. The number of carbonyl (C=O) groups excluding carboxylic acids is 1. The lowest BCUT2D eigenvalue weighted by Crippen LogP contribution is -2.32. The smallest absolute Gasteiger partial charge is 0.266 e. The number of carbonyl (C=O) groups is 1. The van der Waals surface area contributed by atoms with Crippen LogP contribution in [-0.2, 0) is 11.4 Å². The van der Waals surface area contributed by atoms with E-state index in [4.69, 9.17) is 37.7 Å². The van der Waals surface area contributed by atoms with Crippen molar-refractivity contribution in [2.75, 3.05) is 13.7 Å². The first kappa shape index (κ1) is 26.1. The molecule has 8 heteroatoms. The zero-order valence-corrected chi connectivity index (χ0v) is 22.5. The molecule has 1 heterocycles. The zero-order chi connectivity index (χ0) is 25.7. The third-order valence-corrected chi connectivity index (χ3v) is 6.93. The predicted molar refractivity (Wildman–Crippen MR) is 149 cm³/mol. The highest BCUT2D eigenvalue weighted by Gasteiger charge is 2.34. The first-order valence-corrected chi connectivity index (χ1v) is 13.0. The van der Waals surface area contributed by atoms with Gasteiger partial charge in [-0.2, -0.15) is 0 Å². The third kappa shape index (κ3) is 6.44. The van der Waals surface area contributed by atoms with E-state index < -0.39 is 0 Å². The maximum Gasteiger partial charge on any atom is 0.266 e. The maximum absolute atomic E-state index is 13.4. The minimum Gasteiger partial charge on any atom is -0.497 e. The van der Waals surface area contributed by atoms with E-state index in [1.54, 1.807) is 24.1 Å². The van der Waals surface area contributed by atoms with Crippen LogP contribution >= 0.6 is 35.0 Å². The van der Waals surface area contributed by atoms with E-state index in [9.17, 15) is 4.79 Å². The highest BCUT2D eigenvalue weighted by atomic mass is 35.5. The molecule has 1 amide bonds. The molecule has 3 aromatic carbocycles. The van der Waals surface area contributed by atoms with Crippen molar-refractivity contribution < 1.29 is 14.3 Å². The first-order chi connectivity index (χ1) is 17.3. The van der Waals surface area contributed by atoms with Gasteiger partial charge in [0, 0.05) is 27.7 Å². The van der Waals surface area contributed by atoms with E-state index in [-0.39, 0.29) is 18.4 Å². The van der Waals surface area contributed by atoms with Crippen molar-refractivity contribution in [2.24, 2.45) is 10.9 Å². The number of amides is 1. The second kappa shape index (κ2) is 11.9. The summed E-state index contributed by atoms with van der Waals surface area (Å²) in [6.07, 6.45) is 1.86. The molecule has 0 radical (unpaired) electrons. The monoisotopic (exact) mass is 540 g/mol. The molecule has 1 fully saturated rings. The van der Waals surface area contributed by atoms with Gasteiger partial charge in [0.05, 0.1) is 17.7 Å². The van der Waals surface area contributed by atoms with Gasteiger partial charge in [0.2, 0.25) is 0 Å². The minimum atomic E-state index is -0.0727. The number of aliphatic imine (C=N–C) groups is 1. The largest absolute Gasteiger partial charge is 0.497 e. The summed E-state index contributed by atoms with van der Waals surface area (Å²) in [5, 5.41) is 1.77. The number of para-hydroxylation sites is 1. The Hall–Kier alpha value is -2.93. The van der Waals surface area contributed by atoms with Crippen LogP contribution in [0.4, 0.5) is 5.69 Å². The van der Waals surface area contributed by atoms with Crippen molar-refractivity contribution in [1.29, 1.82) is 0 Å². The van der Waals surface area contributed by atoms with Crippen LogP contribution in [-0.4, -0.2) is 29.6 Å². The number of hydrogen-bond donors (Lipinski definition) is 0. The van der Waals surface area contributed by atoms with E-state index >= 15 is 0 Å². The lowest BCUT2D eigenvalue weighted by molar-refractivity contribution is -0.122. The number of hydrogen-bond acceptors (Lipinski definition) is 5. The number of nitrogens with zero attached hydrogens (tertiary/aromatic N) is 2. The predicted octanol–water partition coefficient (Wildman–Crippen LogP) is 7.84. The molecule has 0 N–H and O–H groups in total. The van der Waals surface area contributed by atoms with Crippen LogP contribution in [0.3, 0.4) is 0 Å². The molecule has 3 aromatic rings. The second-order valence-corrected chi connectivity index (χ2v) is 10.4. The first-order valence-electron chi connectivity index (χ1n) is 11.4. The Labute approximate surface area is 225 Å². The van der Waals surface area contributed by atoms with Crippen molar-refractivity contribution in [3.63, 3.8) is 0 Å². The fraction of sp³-hybridized carbons (Fsp3) is 0.214. The Bertz CT molecular complexity index is 1310. The third-order valence-electron chi connectivity index (χ3n) is 5.34. The van der Waals surface area contributed by atoms with E-state index in [1.165, 1.54) is 11.8 Å². The summed E-state index contributed by atoms with van der Waals surface area (Å²) in [7, 11) is 1.62. The Morgan fingerprint density at radius 2 is 1.81 bits per heavy atom. The summed E-state index contributed by atoms with van der Waals surface area (Å²) in [4.78, 5) is 20.5. The van der Waals surface area contributed by atoms with Gasteiger partial charge in [-0.25, -0.2) is 4.99 Å². The Morgan fingerprint density at radius 1 is 1.06 bits per heavy atom. The molecule has 36 heavy (non-hydrogen) atoms. The number of benzene rings is 3. The fourth-order valence-corrected chi connectivity index (χ4v) is 5.01. The van der Waals surface area contributed by atoms with Crippen LogP contribution in [0.15, 0.2) is 76.6 Å². The van der Waals surface area contributed by atoms with Crippen molar-refractivity contribution >= 4 is 57.8 Å². The highest BCUT2D eigenvalue weighted by Crippen LogP contribution is 2.36. The van der Waals surface area contributed by atoms with Gasteiger partial charge in [0.15, 0.2) is 5.17 Å². The lowest BCUT2D eigenvalue weighted by atomic mass is 10.1. The molecule has 0 aromatic heterocycles. The van der Waals surface area contributed by atoms with Crippen LogP contribution < -0.4 is 9.47 Å². The molecule has 4 rings (SSSR count). The van der Waals surface area contributed by atoms with Crippen molar-refractivity contribution in [2.45, 2.75) is 20.5 Å². The van der Waals surface area contributed by atoms with Gasteiger partial charge in [0.1, 0.15) is 18.1 Å². The van der Waals surface area contributed by atoms with Crippen LogP contribution in [0.5, 0.6) is 11.5 Å². The number of ether oxygens (including phenoxy) is 2. The summed E-state index contributed by atoms with van der Waals surface area (Å²) >= 11 is 13.7. The molecular formula is C28H26Cl2N2O3S. The summed E-state index contributed by atoms with van der Waals surface area (Å²) in [5.41, 5.74) is 2.38. The average molecular weight is 542 g/mol. The van der Waals surface area contributed by atoms with Crippen LogP contribution in [0.2, 0.25) is 10.0 Å². The van der Waals surface area contributed by atoms with Crippen LogP contribution in [0.1, 0.15) is 25.0 Å². The zero-order valence-electron chi connectivity index (χ0n) is 20.2. The van der Waals surface area contributed by atoms with Crippen molar-refractivity contribution in [3.05, 3.63) is 92.8 Å². The van der Waals surface area contributed by atoms with Gasteiger partial charge in [-0.3, -0.25) is 9.69 Å². The van der Waals surface area contributed by atoms with E-state index in [0.29, 0.717) is 32.4 Å². The summed E-state index contributed by atoms with van der Waals surface area (Å²) < 4.78 is 11.3. The van der Waals surface area contributed by atoms with E-state index in [2.05, 4.69) is 13.8 Å². The molecule has 0 saturated carbocycles. The number of methoxy groups -OCH3 is 1. The molecule has 5 nitrogen and oxygen atoms in total. The fourth-order valence-electron chi connectivity index (χ4n) is 3.55. The van der Waals surface area contributed by atoms with Crippen molar-refractivity contribution in [1.82, 2.24) is 4.90 Å². The molecule has 1 saturated heterocycles. The molecule has 1 aliphatic rings. The van der Waals surface area contributed by atoms with Gasteiger partial charge in [-0.15, -0.1) is 0 Å². The quantitative estimate of drug-likeness (QED) is 0.273. The van der Waals surface area contributed by atoms with Gasteiger partial charge >= 0.3 is 0 Å². The SMILES string of the molecule is COc1ccc(N=C2S/C(=C\c3ccccc3OCc3ccc(Cl)cc3Cl)C(=O)N2CC(C)C)cc1. The van der Waals surface area contributed by atoms with Gasteiger partial charge in [-0.1, -0.05) is 61.3 Å². The number of rotatable bonds is 8. The number of amidine groups is 1. The molecule has 186 valence electrons. The Kier molecular flexibility index (Phi) is 8.62. The van der Waals surface area contributed by atoms with Crippen molar-refractivity contribution in [3.8, 4) is 11.5 Å². The molecular weight excluding hydrogens is 515 g/mol. The van der Waals surface area contributed by atoms with Crippen LogP contribution in [0.25, 0.3) is 6.08 Å². The number of thioether (sulfide) groups is 1. The second-order valence-electron chi connectivity index (χ2n) is 8.57. The standard InChI is InChI=1S/C28H26Cl2N2O3S/c1-18(2)16-32-27(33)26(36-28(32)31-22-10-12-23(34-3)13-11-22)14-19-6-4-5-7-25(19)35-17-20-8-9-21(29)15-24(20)30/h4-15,18H,16-17H2,1-3H3/b26-14-,31-28?. The lowest BCUT2D eigenvalue weighted by Gasteiger charge is -2.17.